The summed E-state index contributed by atoms with van der Waals surface area (Å²) >= 11 is 3.60. The number of hydrogen-bond donors (Lipinski definition) is 0. The van der Waals surface area contributed by atoms with E-state index < -0.39 is 0 Å². The highest BCUT2D eigenvalue weighted by Gasteiger charge is 2.38. The Kier molecular flexibility index (Phi) is 4.44. The fourth-order valence-electron chi connectivity index (χ4n) is 2.91. The van der Waals surface area contributed by atoms with Crippen LogP contribution in [-0.4, -0.2) is 7.11 Å². The van der Waals surface area contributed by atoms with Crippen LogP contribution in [0.3, 0.4) is 0 Å². The Morgan fingerprint density at radius 2 is 1.90 bits per heavy atom. The molecular weight excluding hydrogens is 314 g/mol. The highest BCUT2D eigenvalue weighted by atomic mass is 79.9. The van der Waals surface area contributed by atoms with E-state index in [9.17, 15) is 5.26 Å². The molecule has 1 aliphatic rings. The van der Waals surface area contributed by atoms with Crippen molar-refractivity contribution in [2.24, 2.45) is 10.8 Å². The van der Waals surface area contributed by atoms with Crippen LogP contribution in [0.4, 0.5) is 0 Å². The van der Waals surface area contributed by atoms with E-state index in [-0.39, 0.29) is 5.41 Å². The quantitative estimate of drug-likeness (QED) is 0.768. The summed E-state index contributed by atoms with van der Waals surface area (Å²) in [5.41, 5.74) is 1.33. The first kappa shape index (κ1) is 15.4. The molecule has 1 fully saturated rings. The van der Waals surface area contributed by atoms with Crippen molar-refractivity contribution in [2.75, 3.05) is 7.11 Å². The molecule has 0 spiro atoms. The molecule has 0 bridgehead atoms. The first-order valence-corrected chi connectivity index (χ1v) is 7.93. The Hall–Kier alpha value is -1.01. The Balaban J connectivity index is 2.21. The van der Waals surface area contributed by atoms with Gasteiger partial charge in [-0.05, 0) is 61.3 Å². The van der Waals surface area contributed by atoms with Gasteiger partial charge in [0.25, 0.3) is 0 Å². The fourth-order valence-corrected chi connectivity index (χ4v) is 3.30. The Labute approximate surface area is 130 Å². The highest BCUT2D eigenvalue weighted by Crippen LogP contribution is 2.47. The van der Waals surface area contributed by atoms with Gasteiger partial charge in [0.15, 0.2) is 0 Å². The first-order chi connectivity index (χ1) is 9.40. The molecule has 0 unspecified atom stereocenters. The van der Waals surface area contributed by atoms with E-state index in [4.69, 9.17) is 4.74 Å². The molecule has 3 heteroatoms. The molecule has 0 heterocycles. The van der Waals surface area contributed by atoms with E-state index in [1.807, 2.05) is 18.2 Å². The number of benzene rings is 1. The zero-order valence-corrected chi connectivity index (χ0v) is 14.1. The molecule has 108 valence electrons. The molecule has 0 aromatic heterocycles. The van der Waals surface area contributed by atoms with Gasteiger partial charge >= 0.3 is 0 Å². The van der Waals surface area contributed by atoms with Crippen molar-refractivity contribution in [1.82, 2.24) is 0 Å². The molecule has 1 aromatic rings. The lowest BCUT2D eigenvalue weighted by atomic mass is 9.64. The lowest BCUT2D eigenvalue weighted by Crippen LogP contribution is -2.32. The van der Waals surface area contributed by atoms with Crippen LogP contribution in [0.1, 0.15) is 45.1 Å². The predicted molar refractivity (Wildman–Crippen MR) is 84.7 cm³/mol. The van der Waals surface area contributed by atoms with E-state index >= 15 is 0 Å². The van der Waals surface area contributed by atoms with Crippen LogP contribution < -0.4 is 4.74 Å². The van der Waals surface area contributed by atoms with Crippen molar-refractivity contribution in [1.29, 1.82) is 5.26 Å². The molecular formula is C17H22BrNO. The monoisotopic (exact) mass is 335 g/mol. The maximum absolute atomic E-state index is 9.69. The van der Waals surface area contributed by atoms with E-state index in [1.54, 1.807) is 7.11 Å². The lowest BCUT2D eigenvalue weighted by molar-refractivity contribution is 0.146. The SMILES string of the molecule is COc1ccc(Br)c(CC2(C#N)CCC(C)(C)CC2)c1. The van der Waals surface area contributed by atoms with Crippen LogP contribution in [-0.2, 0) is 6.42 Å². The topological polar surface area (TPSA) is 33.0 Å². The van der Waals surface area contributed by atoms with E-state index in [2.05, 4.69) is 35.8 Å². The van der Waals surface area contributed by atoms with Crippen molar-refractivity contribution in [3.63, 3.8) is 0 Å². The fraction of sp³-hybridized carbons (Fsp3) is 0.588. The first-order valence-electron chi connectivity index (χ1n) is 7.13. The Morgan fingerprint density at radius 1 is 1.25 bits per heavy atom. The van der Waals surface area contributed by atoms with E-state index in [0.29, 0.717) is 5.41 Å². The number of ether oxygens (including phenoxy) is 1. The van der Waals surface area contributed by atoms with Crippen LogP contribution >= 0.6 is 15.9 Å². The second-order valence-electron chi connectivity index (χ2n) is 6.69. The summed E-state index contributed by atoms with van der Waals surface area (Å²) in [6.07, 6.45) is 5.03. The van der Waals surface area contributed by atoms with Crippen molar-refractivity contribution >= 4 is 15.9 Å². The number of halogens is 1. The largest absolute Gasteiger partial charge is 0.497 e. The third-order valence-corrected chi connectivity index (χ3v) is 5.35. The third-order valence-electron chi connectivity index (χ3n) is 4.58. The predicted octanol–water partition coefficient (Wildman–Crippen LogP) is 5.11. The van der Waals surface area contributed by atoms with Gasteiger partial charge in [0.1, 0.15) is 5.75 Å². The van der Waals surface area contributed by atoms with Crippen LogP contribution in [0.15, 0.2) is 22.7 Å². The molecule has 0 aliphatic heterocycles. The van der Waals surface area contributed by atoms with Gasteiger partial charge in [0.2, 0.25) is 0 Å². The molecule has 20 heavy (non-hydrogen) atoms. The molecule has 1 aromatic carbocycles. The number of rotatable bonds is 3. The number of nitriles is 1. The van der Waals surface area contributed by atoms with Gasteiger partial charge in [-0.3, -0.25) is 0 Å². The van der Waals surface area contributed by atoms with Gasteiger partial charge < -0.3 is 4.74 Å². The summed E-state index contributed by atoms with van der Waals surface area (Å²) < 4.78 is 6.36. The molecule has 0 radical (unpaired) electrons. The normalized spacial score (nSPS) is 20.1. The van der Waals surface area contributed by atoms with Gasteiger partial charge in [-0.15, -0.1) is 0 Å². The van der Waals surface area contributed by atoms with Crippen LogP contribution in [0.25, 0.3) is 0 Å². The smallest absolute Gasteiger partial charge is 0.119 e. The summed E-state index contributed by atoms with van der Waals surface area (Å²) in [6.45, 7) is 4.60. The maximum atomic E-state index is 9.69. The van der Waals surface area contributed by atoms with Gasteiger partial charge in [-0.2, -0.15) is 5.26 Å². The summed E-state index contributed by atoms with van der Waals surface area (Å²) in [4.78, 5) is 0. The minimum absolute atomic E-state index is 0.218. The molecule has 2 nitrogen and oxygen atoms in total. The van der Waals surface area contributed by atoms with Crippen LogP contribution in [0.5, 0.6) is 5.75 Å². The van der Waals surface area contributed by atoms with Gasteiger partial charge in [0.05, 0.1) is 18.6 Å². The molecule has 0 N–H and O–H groups in total. The van der Waals surface area contributed by atoms with Crippen molar-refractivity contribution in [3.8, 4) is 11.8 Å². The summed E-state index contributed by atoms with van der Waals surface area (Å²) in [5, 5.41) is 9.69. The lowest BCUT2D eigenvalue weighted by Gasteiger charge is -2.39. The highest BCUT2D eigenvalue weighted by molar-refractivity contribution is 9.10. The minimum Gasteiger partial charge on any atom is -0.497 e. The summed E-state index contributed by atoms with van der Waals surface area (Å²) in [6, 6.07) is 8.60. The zero-order chi connectivity index (χ0) is 14.8. The minimum atomic E-state index is -0.218. The molecule has 1 saturated carbocycles. The van der Waals surface area contributed by atoms with Crippen LogP contribution in [0.2, 0.25) is 0 Å². The van der Waals surface area contributed by atoms with Gasteiger partial charge in [0, 0.05) is 4.47 Å². The average molecular weight is 336 g/mol. The van der Waals surface area contributed by atoms with Crippen molar-refractivity contribution in [3.05, 3.63) is 28.2 Å². The molecule has 0 atom stereocenters. The number of methoxy groups -OCH3 is 1. The van der Waals surface area contributed by atoms with Gasteiger partial charge in [-0.25, -0.2) is 0 Å². The molecule has 0 saturated heterocycles. The standard InChI is InChI=1S/C17H22BrNO/c1-16(2)6-8-17(12-19,9-7-16)11-13-10-14(20-3)4-5-15(13)18/h4-5,10H,6-9,11H2,1-3H3. The second-order valence-corrected chi connectivity index (χ2v) is 7.54. The number of nitrogens with zero attached hydrogens (tertiary/aromatic N) is 1. The summed E-state index contributed by atoms with van der Waals surface area (Å²) in [5.74, 6) is 0.854. The molecule has 2 rings (SSSR count). The van der Waals surface area contributed by atoms with E-state index in [1.165, 1.54) is 5.56 Å². The zero-order valence-electron chi connectivity index (χ0n) is 12.5. The second kappa shape index (κ2) is 5.77. The van der Waals surface area contributed by atoms with Gasteiger partial charge in [-0.1, -0.05) is 29.8 Å². The third kappa shape index (κ3) is 3.35. The number of hydrogen-bond acceptors (Lipinski definition) is 2. The van der Waals surface area contributed by atoms with Crippen molar-refractivity contribution in [2.45, 2.75) is 46.0 Å². The Bertz CT molecular complexity index is 520. The maximum Gasteiger partial charge on any atom is 0.119 e. The average Bonchev–Trinajstić information content (AvgIpc) is 2.44. The van der Waals surface area contributed by atoms with Crippen molar-refractivity contribution < 1.29 is 4.74 Å². The van der Waals surface area contributed by atoms with E-state index in [0.717, 1.165) is 42.3 Å². The molecule has 0 amide bonds. The van der Waals surface area contributed by atoms with Crippen LogP contribution in [0, 0.1) is 22.2 Å². The summed E-state index contributed by atoms with van der Waals surface area (Å²) in [7, 11) is 1.68. The Morgan fingerprint density at radius 3 is 2.45 bits per heavy atom. The molecule has 1 aliphatic carbocycles.